The van der Waals surface area contributed by atoms with Crippen LogP contribution in [0.1, 0.15) is 19.5 Å². The lowest BCUT2D eigenvalue weighted by Crippen LogP contribution is -2.40. The van der Waals surface area contributed by atoms with E-state index in [1.54, 1.807) is 25.1 Å². The molecule has 1 aromatic carbocycles. The maximum atomic E-state index is 12.5. The highest BCUT2D eigenvalue weighted by atomic mass is 35.5. The molecule has 1 heterocycles. The Bertz CT molecular complexity index is 786. The van der Waals surface area contributed by atoms with Crippen molar-refractivity contribution in [1.29, 1.82) is 0 Å². The summed E-state index contributed by atoms with van der Waals surface area (Å²) in [6, 6.07) is 7.24. The molecule has 2 rings (SSSR count). The summed E-state index contributed by atoms with van der Waals surface area (Å²) in [6.45, 7) is 5.13. The molecule has 0 aliphatic carbocycles. The highest BCUT2D eigenvalue weighted by Gasteiger charge is 2.22. The Morgan fingerprint density at radius 1 is 1.29 bits per heavy atom. The number of nitrogens with zero attached hydrogens (tertiary/aromatic N) is 3. The monoisotopic (exact) mass is 352 g/mol. The Kier molecular flexibility index (Phi) is 6.51. The summed E-state index contributed by atoms with van der Waals surface area (Å²) in [5, 5.41) is 5.58. The Morgan fingerprint density at radius 3 is 2.46 bits per heavy atom. The molecule has 2 aromatic rings. The van der Waals surface area contributed by atoms with Crippen molar-refractivity contribution in [3.05, 3.63) is 40.3 Å². The summed E-state index contributed by atoms with van der Waals surface area (Å²) in [6.07, 6.45) is 0.159. The molecule has 0 aliphatic heterocycles. The van der Waals surface area contributed by atoms with Gasteiger partial charge < -0.3 is 10.6 Å². The molecule has 1 aromatic heterocycles. The van der Waals surface area contributed by atoms with E-state index < -0.39 is 0 Å². The standard InChI is InChI=1S/C17H24N4O2.ClH/c1-17(2,10-18)11-20(3)15(22)9-14-12-7-5-6-8-13(12)16(23)21(4)19-14;/h5-8H,9-11,18H2,1-4H3;1H. The van der Waals surface area contributed by atoms with Crippen LogP contribution in [0.25, 0.3) is 10.8 Å². The van der Waals surface area contributed by atoms with Gasteiger partial charge in [0.2, 0.25) is 5.91 Å². The molecule has 2 N–H and O–H groups in total. The van der Waals surface area contributed by atoms with E-state index in [2.05, 4.69) is 5.10 Å². The quantitative estimate of drug-likeness (QED) is 0.880. The predicted molar refractivity (Wildman–Crippen MR) is 98.4 cm³/mol. The van der Waals surface area contributed by atoms with Crippen molar-refractivity contribution in [3.8, 4) is 0 Å². The Balaban J connectivity index is 0.00000288. The number of halogens is 1. The van der Waals surface area contributed by atoms with Crippen molar-refractivity contribution < 1.29 is 4.79 Å². The Hall–Kier alpha value is -1.92. The van der Waals surface area contributed by atoms with Gasteiger partial charge in [0, 0.05) is 26.0 Å². The first-order valence-electron chi connectivity index (χ1n) is 7.64. The second kappa shape index (κ2) is 7.77. The van der Waals surface area contributed by atoms with Crippen LogP contribution < -0.4 is 11.3 Å². The lowest BCUT2D eigenvalue weighted by atomic mass is 9.93. The highest BCUT2D eigenvalue weighted by Crippen LogP contribution is 2.17. The molecule has 132 valence electrons. The second-order valence-corrected chi connectivity index (χ2v) is 6.72. The number of aromatic nitrogens is 2. The molecule has 0 aliphatic rings. The van der Waals surface area contributed by atoms with Gasteiger partial charge in [0.25, 0.3) is 5.56 Å². The maximum Gasteiger partial charge on any atom is 0.274 e. The first-order valence-corrected chi connectivity index (χ1v) is 7.64. The van der Waals surface area contributed by atoms with Gasteiger partial charge >= 0.3 is 0 Å². The molecule has 0 fully saturated rings. The molecule has 0 spiro atoms. The van der Waals surface area contributed by atoms with Crippen LogP contribution in [0.4, 0.5) is 0 Å². The normalized spacial score (nSPS) is 11.2. The summed E-state index contributed by atoms with van der Waals surface area (Å²) >= 11 is 0. The van der Waals surface area contributed by atoms with Gasteiger partial charge in [-0.05, 0) is 18.0 Å². The van der Waals surface area contributed by atoms with Crippen LogP contribution in [0.2, 0.25) is 0 Å². The smallest absolute Gasteiger partial charge is 0.274 e. The minimum atomic E-state index is -0.158. The van der Waals surface area contributed by atoms with Gasteiger partial charge in [-0.2, -0.15) is 5.10 Å². The number of hydrogen-bond donors (Lipinski definition) is 1. The van der Waals surface area contributed by atoms with Gasteiger partial charge in [-0.15, -0.1) is 12.4 Å². The molecule has 0 saturated carbocycles. The number of amides is 1. The Morgan fingerprint density at radius 2 is 1.88 bits per heavy atom. The number of aryl methyl sites for hydroxylation is 1. The van der Waals surface area contributed by atoms with E-state index >= 15 is 0 Å². The van der Waals surface area contributed by atoms with Crippen LogP contribution >= 0.6 is 12.4 Å². The fraction of sp³-hybridized carbons (Fsp3) is 0.471. The average Bonchev–Trinajstić information content (AvgIpc) is 2.52. The molecule has 0 radical (unpaired) electrons. The van der Waals surface area contributed by atoms with E-state index in [-0.39, 0.29) is 35.7 Å². The molecule has 0 atom stereocenters. The molecule has 0 saturated heterocycles. The highest BCUT2D eigenvalue weighted by molar-refractivity contribution is 5.88. The van der Waals surface area contributed by atoms with Crippen LogP contribution in [0.15, 0.2) is 29.1 Å². The first-order chi connectivity index (χ1) is 10.7. The van der Waals surface area contributed by atoms with Crippen LogP contribution in [0, 0.1) is 5.41 Å². The van der Waals surface area contributed by atoms with E-state index in [0.717, 1.165) is 5.39 Å². The van der Waals surface area contributed by atoms with Gasteiger partial charge in [-0.1, -0.05) is 32.0 Å². The van der Waals surface area contributed by atoms with Gasteiger partial charge in [-0.3, -0.25) is 9.59 Å². The van der Waals surface area contributed by atoms with E-state index in [1.165, 1.54) is 4.68 Å². The number of fused-ring (bicyclic) bond motifs is 1. The molecule has 1 amide bonds. The number of carbonyl (C=O) groups excluding carboxylic acids is 1. The van der Waals surface area contributed by atoms with E-state index in [9.17, 15) is 9.59 Å². The summed E-state index contributed by atoms with van der Waals surface area (Å²) in [7, 11) is 3.37. The number of hydrogen-bond acceptors (Lipinski definition) is 4. The maximum absolute atomic E-state index is 12.5. The first kappa shape index (κ1) is 20.1. The van der Waals surface area contributed by atoms with Gasteiger partial charge in [-0.25, -0.2) is 4.68 Å². The number of carbonyl (C=O) groups is 1. The molecule has 24 heavy (non-hydrogen) atoms. The van der Waals surface area contributed by atoms with Gasteiger partial charge in [0.05, 0.1) is 17.5 Å². The molecule has 6 nitrogen and oxygen atoms in total. The van der Waals surface area contributed by atoms with Crippen LogP contribution in [-0.2, 0) is 18.3 Å². The third-order valence-electron chi connectivity index (χ3n) is 4.00. The van der Waals surface area contributed by atoms with Gasteiger partial charge in [0.1, 0.15) is 0 Å². The Labute approximate surface area is 148 Å². The zero-order valence-corrected chi connectivity index (χ0v) is 15.4. The number of benzene rings is 1. The zero-order chi connectivity index (χ0) is 17.2. The van der Waals surface area contributed by atoms with Crippen molar-refractivity contribution in [3.63, 3.8) is 0 Å². The molecule has 0 bridgehead atoms. The largest absolute Gasteiger partial charge is 0.345 e. The molecule has 0 unspecified atom stereocenters. The van der Waals surface area contributed by atoms with Crippen molar-refractivity contribution in [2.75, 3.05) is 20.1 Å². The van der Waals surface area contributed by atoms with E-state index in [4.69, 9.17) is 5.73 Å². The lowest BCUT2D eigenvalue weighted by molar-refractivity contribution is -0.130. The lowest BCUT2D eigenvalue weighted by Gasteiger charge is -2.29. The van der Waals surface area contributed by atoms with Crippen molar-refractivity contribution in [2.45, 2.75) is 20.3 Å². The minimum absolute atomic E-state index is 0. The SMILES string of the molecule is CN(CC(C)(C)CN)C(=O)Cc1nn(C)c(=O)c2ccccc12.Cl. The summed E-state index contributed by atoms with van der Waals surface area (Å²) < 4.78 is 1.29. The average molecular weight is 353 g/mol. The second-order valence-electron chi connectivity index (χ2n) is 6.72. The van der Waals surface area contributed by atoms with E-state index in [0.29, 0.717) is 24.2 Å². The third-order valence-corrected chi connectivity index (χ3v) is 4.00. The summed E-state index contributed by atoms with van der Waals surface area (Å²) in [4.78, 5) is 26.3. The van der Waals surface area contributed by atoms with Crippen molar-refractivity contribution >= 4 is 29.1 Å². The van der Waals surface area contributed by atoms with E-state index in [1.807, 2.05) is 32.0 Å². The van der Waals surface area contributed by atoms with Crippen molar-refractivity contribution in [2.24, 2.45) is 18.2 Å². The molecular weight excluding hydrogens is 328 g/mol. The molecule has 7 heteroatoms. The topological polar surface area (TPSA) is 81.2 Å². The predicted octanol–water partition coefficient (Wildman–Crippen LogP) is 1.34. The number of nitrogens with two attached hydrogens (primary N) is 1. The number of rotatable bonds is 5. The van der Waals surface area contributed by atoms with Crippen LogP contribution in [-0.4, -0.2) is 40.7 Å². The third kappa shape index (κ3) is 4.33. The van der Waals surface area contributed by atoms with Crippen LogP contribution in [0.3, 0.4) is 0 Å². The zero-order valence-electron chi connectivity index (χ0n) is 14.6. The van der Waals surface area contributed by atoms with Crippen molar-refractivity contribution in [1.82, 2.24) is 14.7 Å². The summed E-state index contributed by atoms with van der Waals surface area (Å²) in [5.41, 5.74) is 6.05. The fourth-order valence-corrected chi connectivity index (χ4v) is 2.58. The van der Waals surface area contributed by atoms with Crippen LogP contribution in [0.5, 0.6) is 0 Å². The molecular formula is C17H25ClN4O2. The fourth-order valence-electron chi connectivity index (χ4n) is 2.58. The number of likely N-dealkylation sites (N-methyl/N-ethyl adjacent to an activating group) is 1. The minimum Gasteiger partial charge on any atom is -0.345 e. The summed E-state index contributed by atoms with van der Waals surface area (Å²) in [5.74, 6) is -0.0390. The van der Waals surface area contributed by atoms with Gasteiger partial charge in [0.15, 0.2) is 0 Å².